The van der Waals surface area contributed by atoms with Crippen molar-refractivity contribution in [3.8, 4) is 5.75 Å². The molecular formula is C25H25BrN2O4. The molecule has 166 valence electrons. The van der Waals surface area contributed by atoms with Gasteiger partial charge in [-0.2, -0.15) is 0 Å². The van der Waals surface area contributed by atoms with Crippen LogP contribution in [0.5, 0.6) is 5.75 Å². The number of rotatable bonds is 10. The van der Waals surface area contributed by atoms with Crippen molar-refractivity contribution in [2.45, 2.75) is 6.42 Å². The third kappa shape index (κ3) is 6.93. The van der Waals surface area contributed by atoms with Crippen LogP contribution in [0.1, 0.15) is 26.3 Å². The lowest BCUT2D eigenvalue weighted by molar-refractivity contribution is 0.0936. The Bertz CT molecular complexity index is 1060. The molecule has 0 aliphatic heterocycles. The molecule has 32 heavy (non-hydrogen) atoms. The van der Waals surface area contributed by atoms with Crippen LogP contribution >= 0.6 is 15.9 Å². The fourth-order valence-electron chi connectivity index (χ4n) is 3.03. The Balaban J connectivity index is 1.67. The molecule has 0 fully saturated rings. The maximum atomic E-state index is 13.0. The Labute approximate surface area is 196 Å². The van der Waals surface area contributed by atoms with E-state index in [9.17, 15) is 9.59 Å². The maximum Gasteiger partial charge on any atom is 0.259 e. The highest BCUT2D eigenvalue weighted by Crippen LogP contribution is 2.25. The molecule has 0 aliphatic carbocycles. The van der Waals surface area contributed by atoms with Gasteiger partial charge in [0.1, 0.15) is 5.75 Å². The van der Waals surface area contributed by atoms with Gasteiger partial charge in [0.05, 0.1) is 18.8 Å². The SMILES string of the molecule is COCCNC(=O)c1cccc(NC(=O)c2cc(Br)ccc2OCCc2ccccc2)c1. The lowest BCUT2D eigenvalue weighted by Crippen LogP contribution is -2.27. The van der Waals surface area contributed by atoms with E-state index in [1.165, 1.54) is 0 Å². The highest BCUT2D eigenvalue weighted by molar-refractivity contribution is 9.10. The number of ether oxygens (including phenoxy) is 2. The zero-order valence-corrected chi connectivity index (χ0v) is 19.4. The van der Waals surface area contributed by atoms with Crippen molar-refractivity contribution in [3.63, 3.8) is 0 Å². The van der Waals surface area contributed by atoms with Crippen LogP contribution in [-0.2, 0) is 11.2 Å². The number of halogens is 1. The largest absolute Gasteiger partial charge is 0.492 e. The molecular weight excluding hydrogens is 472 g/mol. The molecule has 0 saturated carbocycles. The van der Waals surface area contributed by atoms with E-state index < -0.39 is 0 Å². The third-order valence-electron chi connectivity index (χ3n) is 4.65. The van der Waals surface area contributed by atoms with Gasteiger partial charge in [-0.15, -0.1) is 0 Å². The second-order valence-electron chi connectivity index (χ2n) is 7.01. The molecule has 3 aromatic carbocycles. The van der Waals surface area contributed by atoms with Gasteiger partial charge >= 0.3 is 0 Å². The van der Waals surface area contributed by atoms with E-state index in [2.05, 4.69) is 26.6 Å². The standard InChI is InChI=1S/C25H25BrN2O4/c1-31-15-13-27-24(29)19-8-5-9-21(16-19)28-25(30)22-17-20(26)10-11-23(22)32-14-12-18-6-3-2-4-7-18/h2-11,16-17H,12-15H2,1H3,(H,27,29)(H,28,30). The third-order valence-corrected chi connectivity index (χ3v) is 5.14. The first kappa shape index (κ1) is 23.5. The smallest absolute Gasteiger partial charge is 0.259 e. The van der Waals surface area contributed by atoms with Gasteiger partial charge in [-0.25, -0.2) is 0 Å². The minimum Gasteiger partial charge on any atom is -0.492 e. The van der Waals surface area contributed by atoms with Gasteiger partial charge in [-0.3, -0.25) is 9.59 Å². The number of nitrogens with one attached hydrogen (secondary N) is 2. The number of amides is 2. The predicted molar refractivity (Wildman–Crippen MR) is 128 cm³/mol. The molecule has 0 atom stereocenters. The second kappa shape index (κ2) is 12.0. The average molecular weight is 497 g/mol. The van der Waals surface area contributed by atoms with Gasteiger partial charge in [-0.05, 0) is 42.0 Å². The van der Waals surface area contributed by atoms with Gasteiger partial charge in [0.2, 0.25) is 0 Å². The molecule has 0 aliphatic rings. The summed E-state index contributed by atoms with van der Waals surface area (Å²) < 4.78 is 11.6. The summed E-state index contributed by atoms with van der Waals surface area (Å²) in [6.45, 7) is 1.29. The molecule has 3 rings (SSSR count). The summed E-state index contributed by atoms with van der Waals surface area (Å²) in [6.07, 6.45) is 0.734. The number of anilines is 1. The number of benzene rings is 3. The van der Waals surface area contributed by atoms with Gasteiger partial charge in [0, 0.05) is 35.8 Å². The molecule has 0 bridgehead atoms. The summed E-state index contributed by atoms with van der Waals surface area (Å²) >= 11 is 3.42. The Morgan fingerprint density at radius 1 is 0.906 bits per heavy atom. The molecule has 2 amide bonds. The summed E-state index contributed by atoms with van der Waals surface area (Å²) in [4.78, 5) is 25.2. The summed E-state index contributed by atoms with van der Waals surface area (Å²) in [6, 6.07) is 22.1. The Hall–Kier alpha value is -3.16. The van der Waals surface area contributed by atoms with Crippen molar-refractivity contribution >= 4 is 33.4 Å². The van der Waals surface area contributed by atoms with Crippen molar-refractivity contribution in [2.24, 2.45) is 0 Å². The summed E-state index contributed by atoms with van der Waals surface area (Å²) in [5, 5.41) is 5.61. The number of methoxy groups -OCH3 is 1. The fraction of sp³-hybridized carbons (Fsp3) is 0.200. The maximum absolute atomic E-state index is 13.0. The van der Waals surface area contributed by atoms with E-state index in [-0.39, 0.29) is 11.8 Å². The van der Waals surface area contributed by atoms with Crippen LogP contribution in [0.15, 0.2) is 77.3 Å². The molecule has 2 N–H and O–H groups in total. The van der Waals surface area contributed by atoms with E-state index in [0.717, 1.165) is 16.5 Å². The molecule has 0 heterocycles. The summed E-state index contributed by atoms with van der Waals surface area (Å²) in [7, 11) is 1.57. The average Bonchev–Trinajstić information content (AvgIpc) is 2.81. The van der Waals surface area contributed by atoms with E-state index in [1.807, 2.05) is 36.4 Å². The van der Waals surface area contributed by atoms with Crippen LogP contribution in [0, 0.1) is 0 Å². The molecule has 0 spiro atoms. The van der Waals surface area contributed by atoms with Crippen molar-refractivity contribution in [1.82, 2.24) is 5.32 Å². The van der Waals surface area contributed by atoms with E-state index in [0.29, 0.717) is 42.3 Å². The highest BCUT2D eigenvalue weighted by Gasteiger charge is 2.15. The van der Waals surface area contributed by atoms with Crippen LogP contribution < -0.4 is 15.4 Å². The lowest BCUT2D eigenvalue weighted by atomic mass is 10.1. The molecule has 6 nitrogen and oxygen atoms in total. The summed E-state index contributed by atoms with van der Waals surface area (Å²) in [5.41, 5.74) is 2.54. The number of hydrogen-bond acceptors (Lipinski definition) is 4. The first-order chi connectivity index (χ1) is 15.6. The van der Waals surface area contributed by atoms with Gasteiger partial charge in [0.25, 0.3) is 11.8 Å². The Kier molecular flexibility index (Phi) is 8.83. The topological polar surface area (TPSA) is 76.7 Å². The minimum atomic E-state index is -0.321. The molecule has 7 heteroatoms. The number of hydrogen-bond donors (Lipinski definition) is 2. The minimum absolute atomic E-state index is 0.231. The molecule has 3 aromatic rings. The highest BCUT2D eigenvalue weighted by atomic mass is 79.9. The van der Waals surface area contributed by atoms with Gasteiger partial charge in [-0.1, -0.05) is 52.3 Å². The Morgan fingerprint density at radius 2 is 1.72 bits per heavy atom. The molecule has 0 saturated heterocycles. The monoisotopic (exact) mass is 496 g/mol. The fourth-order valence-corrected chi connectivity index (χ4v) is 3.40. The summed E-state index contributed by atoms with van der Waals surface area (Å²) in [5.74, 6) is -0.0569. The van der Waals surface area contributed by atoms with Crippen LogP contribution in [-0.4, -0.2) is 38.7 Å². The Morgan fingerprint density at radius 3 is 2.50 bits per heavy atom. The zero-order chi connectivity index (χ0) is 22.8. The van der Waals surface area contributed by atoms with Crippen molar-refractivity contribution in [3.05, 3.63) is 94.0 Å². The van der Waals surface area contributed by atoms with Crippen LogP contribution in [0.4, 0.5) is 5.69 Å². The second-order valence-corrected chi connectivity index (χ2v) is 7.92. The van der Waals surface area contributed by atoms with E-state index in [1.54, 1.807) is 43.5 Å². The van der Waals surface area contributed by atoms with Gasteiger partial charge in [0.15, 0.2) is 0 Å². The number of carbonyl (C=O) groups excluding carboxylic acids is 2. The first-order valence-electron chi connectivity index (χ1n) is 10.2. The lowest BCUT2D eigenvalue weighted by Gasteiger charge is -2.13. The van der Waals surface area contributed by atoms with Crippen LogP contribution in [0.2, 0.25) is 0 Å². The molecule has 0 aromatic heterocycles. The number of carbonyl (C=O) groups is 2. The van der Waals surface area contributed by atoms with Gasteiger partial charge < -0.3 is 20.1 Å². The molecule has 0 radical (unpaired) electrons. The normalized spacial score (nSPS) is 10.4. The predicted octanol–water partition coefficient (Wildman–Crippen LogP) is 4.70. The van der Waals surface area contributed by atoms with Crippen molar-refractivity contribution in [1.29, 1.82) is 0 Å². The van der Waals surface area contributed by atoms with Crippen LogP contribution in [0.25, 0.3) is 0 Å². The van der Waals surface area contributed by atoms with E-state index >= 15 is 0 Å². The zero-order valence-electron chi connectivity index (χ0n) is 17.8. The van der Waals surface area contributed by atoms with E-state index in [4.69, 9.17) is 9.47 Å². The quantitative estimate of drug-likeness (QED) is 0.399. The first-order valence-corrected chi connectivity index (χ1v) is 11.0. The molecule has 0 unspecified atom stereocenters. The van der Waals surface area contributed by atoms with Crippen molar-refractivity contribution in [2.75, 3.05) is 32.2 Å². The van der Waals surface area contributed by atoms with Crippen LogP contribution in [0.3, 0.4) is 0 Å². The van der Waals surface area contributed by atoms with Crippen molar-refractivity contribution < 1.29 is 19.1 Å².